The number of hydrogen-bond donors (Lipinski definition) is 1. The monoisotopic (exact) mass is 419 g/mol. The fraction of sp³-hybridized carbons (Fsp3) is 0.222. The van der Waals surface area contributed by atoms with Crippen LogP contribution in [0.2, 0.25) is 0 Å². The summed E-state index contributed by atoms with van der Waals surface area (Å²) >= 11 is 3.35. The van der Waals surface area contributed by atoms with Gasteiger partial charge in [-0.2, -0.15) is 4.31 Å². The number of anilines is 1. The number of aromatic nitrogens is 1. The van der Waals surface area contributed by atoms with Crippen LogP contribution in [0.4, 0.5) is 5.69 Å². The summed E-state index contributed by atoms with van der Waals surface area (Å²) in [5, 5.41) is 1.17. The van der Waals surface area contributed by atoms with Crippen LogP contribution < -0.4 is 4.90 Å². The molecule has 4 rings (SSSR count). The van der Waals surface area contributed by atoms with E-state index in [0.29, 0.717) is 35.5 Å². The summed E-state index contributed by atoms with van der Waals surface area (Å²) in [5.74, 6) is 0. The number of benzene rings is 2. The maximum absolute atomic E-state index is 12.9. The molecule has 1 fully saturated rings. The molecule has 2 heterocycles. The van der Waals surface area contributed by atoms with Crippen LogP contribution in [0.25, 0.3) is 10.9 Å². The summed E-state index contributed by atoms with van der Waals surface area (Å²) in [4.78, 5) is 5.80. The van der Waals surface area contributed by atoms with Crippen LogP contribution in [0.5, 0.6) is 0 Å². The standard InChI is InChI=1S/C18H18BrN3O2S/c19-15-4-1-2-7-18(15)25(23,24)22-12-10-21(11-13-22)17-6-3-5-16-14(17)8-9-20-16/h1-9,20H,10-13H2. The average molecular weight is 420 g/mol. The molecule has 0 spiro atoms. The highest BCUT2D eigenvalue weighted by Crippen LogP contribution is 2.29. The van der Waals surface area contributed by atoms with E-state index in [-0.39, 0.29) is 0 Å². The Morgan fingerprint density at radius 2 is 1.68 bits per heavy atom. The first kappa shape index (κ1) is 16.6. The first-order valence-corrected chi connectivity index (χ1v) is 10.4. The number of H-pyrrole nitrogens is 1. The van der Waals surface area contributed by atoms with E-state index in [9.17, 15) is 8.42 Å². The molecule has 130 valence electrons. The van der Waals surface area contributed by atoms with Crippen molar-refractivity contribution in [1.29, 1.82) is 0 Å². The normalized spacial score (nSPS) is 16.4. The third-order valence-electron chi connectivity index (χ3n) is 4.61. The van der Waals surface area contributed by atoms with Gasteiger partial charge in [-0.25, -0.2) is 8.42 Å². The molecule has 0 saturated carbocycles. The topological polar surface area (TPSA) is 56.4 Å². The number of sulfonamides is 1. The van der Waals surface area contributed by atoms with Crippen LogP contribution in [0.15, 0.2) is 64.1 Å². The molecule has 1 aliphatic rings. The average Bonchev–Trinajstić information content (AvgIpc) is 3.11. The quantitative estimate of drug-likeness (QED) is 0.707. The number of nitrogens with zero attached hydrogens (tertiary/aromatic N) is 2. The molecule has 1 N–H and O–H groups in total. The highest BCUT2D eigenvalue weighted by Gasteiger charge is 2.30. The van der Waals surface area contributed by atoms with Gasteiger partial charge in [0.15, 0.2) is 0 Å². The van der Waals surface area contributed by atoms with Gasteiger partial charge in [0.1, 0.15) is 0 Å². The van der Waals surface area contributed by atoms with Crippen molar-refractivity contribution in [2.45, 2.75) is 4.90 Å². The first-order valence-electron chi connectivity index (χ1n) is 8.13. The molecule has 0 aliphatic carbocycles. The number of hydrogen-bond acceptors (Lipinski definition) is 3. The number of rotatable bonds is 3. The van der Waals surface area contributed by atoms with E-state index < -0.39 is 10.0 Å². The summed E-state index contributed by atoms with van der Waals surface area (Å²) in [7, 11) is -3.48. The highest BCUT2D eigenvalue weighted by molar-refractivity contribution is 9.10. The summed E-state index contributed by atoms with van der Waals surface area (Å²) in [5.41, 5.74) is 2.25. The Morgan fingerprint density at radius 1 is 0.920 bits per heavy atom. The molecular weight excluding hydrogens is 402 g/mol. The Bertz CT molecular complexity index is 1010. The number of halogens is 1. The largest absolute Gasteiger partial charge is 0.368 e. The van der Waals surface area contributed by atoms with E-state index >= 15 is 0 Å². The molecule has 7 heteroatoms. The van der Waals surface area contributed by atoms with Crippen molar-refractivity contribution in [2.24, 2.45) is 0 Å². The van der Waals surface area contributed by atoms with Crippen LogP contribution in [0, 0.1) is 0 Å². The van der Waals surface area contributed by atoms with E-state index in [2.05, 4.69) is 37.9 Å². The second-order valence-electron chi connectivity index (χ2n) is 6.04. The highest BCUT2D eigenvalue weighted by atomic mass is 79.9. The van der Waals surface area contributed by atoms with Crippen molar-refractivity contribution in [3.05, 3.63) is 59.2 Å². The number of fused-ring (bicyclic) bond motifs is 1. The minimum absolute atomic E-state index is 0.330. The van der Waals surface area contributed by atoms with E-state index in [1.165, 1.54) is 5.39 Å². The van der Waals surface area contributed by atoms with Gasteiger partial charge in [0.25, 0.3) is 0 Å². The minimum Gasteiger partial charge on any atom is -0.368 e. The summed E-state index contributed by atoms with van der Waals surface area (Å²) in [6, 6.07) is 15.2. The zero-order valence-corrected chi connectivity index (χ0v) is 15.9. The van der Waals surface area contributed by atoms with Crippen LogP contribution in [0.3, 0.4) is 0 Å². The SMILES string of the molecule is O=S(=O)(c1ccccc1Br)N1CCN(c2cccc3[nH]ccc23)CC1. The van der Waals surface area contributed by atoms with Crippen LogP contribution in [-0.4, -0.2) is 43.9 Å². The molecule has 0 bridgehead atoms. The second-order valence-corrected chi connectivity index (χ2v) is 8.80. The second kappa shape index (κ2) is 6.48. The molecule has 0 radical (unpaired) electrons. The molecule has 1 aliphatic heterocycles. The molecule has 1 saturated heterocycles. The lowest BCUT2D eigenvalue weighted by Crippen LogP contribution is -2.48. The number of aromatic amines is 1. The molecule has 25 heavy (non-hydrogen) atoms. The van der Waals surface area contributed by atoms with Crippen molar-refractivity contribution >= 4 is 42.5 Å². The van der Waals surface area contributed by atoms with Crippen molar-refractivity contribution < 1.29 is 8.42 Å². The van der Waals surface area contributed by atoms with Gasteiger partial charge in [0.2, 0.25) is 10.0 Å². The Hall–Kier alpha value is -1.83. The van der Waals surface area contributed by atoms with Crippen molar-refractivity contribution in [2.75, 3.05) is 31.1 Å². The predicted octanol–water partition coefficient (Wildman–Crippen LogP) is 3.44. The third-order valence-corrected chi connectivity index (χ3v) is 7.52. The lowest BCUT2D eigenvalue weighted by molar-refractivity contribution is 0.385. The Morgan fingerprint density at radius 3 is 2.44 bits per heavy atom. The lowest BCUT2D eigenvalue weighted by Gasteiger charge is -2.35. The maximum atomic E-state index is 12.9. The molecule has 5 nitrogen and oxygen atoms in total. The van der Waals surface area contributed by atoms with Gasteiger partial charge in [-0.1, -0.05) is 18.2 Å². The zero-order valence-electron chi connectivity index (χ0n) is 13.5. The molecular formula is C18H18BrN3O2S. The van der Waals surface area contributed by atoms with Crippen molar-refractivity contribution in [3.63, 3.8) is 0 Å². The zero-order chi connectivity index (χ0) is 17.4. The molecule has 0 atom stereocenters. The van der Waals surface area contributed by atoms with Gasteiger partial charge >= 0.3 is 0 Å². The molecule has 0 amide bonds. The molecule has 1 aromatic heterocycles. The van der Waals surface area contributed by atoms with Gasteiger partial charge in [0, 0.05) is 53.4 Å². The Labute approximate surface area is 155 Å². The molecule has 0 unspecified atom stereocenters. The van der Waals surface area contributed by atoms with E-state index in [1.807, 2.05) is 24.4 Å². The maximum Gasteiger partial charge on any atom is 0.244 e. The van der Waals surface area contributed by atoms with Gasteiger partial charge < -0.3 is 9.88 Å². The van der Waals surface area contributed by atoms with Crippen LogP contribution >= 0.6 is 15.9 Å². The van der Waals surface area contributed by atoms with Gasteiger partial charge in [-0.3, -0.25) is 0 Å². The van der Waals surface area contributed by atoms with Crippen LogP contribution in [-0.2, 0) is 10.0 Å². The van der Waals surface area contributed by atoms with Crippen molar-refractivity contribution in [3.8, 4) is 0 Å². The number of piperazine rings is 1. The van der Waals surface area contributed by atoms with Gasteiger partial charge in [-0.05, 0) is 46.3 Å². The van der Waals surface area contributed by atoms with E-state index in [4.69, 9.17) is 0 Å². The van der Waals surface area contributed by atoms with Gasteiger partial charge in [-0.15, -0.1) is 0 Å². The van der Waals surface area contributed by atoms with Crippen molar-refractivity contribution in [1.82, 2.24) is 9.29 Å². The van der Waals surface area contributed by atoms with E-state index in [1.54, 1.807) is 22.5 Å². The number of nitrogens with one attached hydrogen (secondary N) is 1. The smallest absolute Gasteiger partial charge is 0.244 e. The Balaban J connectivity index is 1.56. The summed E-state index contributed by atoms with van der Waals surface area (Å²) < 4.78 is 28.0. The minimum atomic E-state index is -3.48. The third kappa shape index (κ3) is 2.96. The molecule has 2 aromatic carbocycles. The fourth-order valence-electron chi connectivity index (χ4n) is 3.31. The first-order chi connectivity index (χ1) is 12.1. The van der Waals surface area contributed by atoms with Crippen LogP contribution in [0.1, 0.15) is 0 Å². The fourth-order valence-corrected chi connectivity index (χ4v) is 5.69. The van der Waals surface area contributed by atoms with Gasteiger partial charge in [0.05, 0.1) is 4.90 Å². The predicted molar refractivity (Wildman–Crippen MR) is 103 cm³/mol. The van der Waals surface area contributed by atoms with E-state index in [0.717, 1.165) is 11.2 Å². The Kier molecular flexibility index (Phi) is 4.31. The summed E-state index contributed by atoms with van der Waals surface area (Å²) in [6.07, 6.45) is 1.93. The lowest BCUT2D eigenvalue weighted by atomic mass is 10.2. The summed E-state index contributed by atoms with van der Waals surface area (Å²) in [6.45, 7) is 2.30. The molecule has 3 aromatic rings.